The molecule has 0 fully saturated rings. The minimum atomic E-state index is 0.126. The van der Waals surface area contributed by atoms with Crippen molar-refractivity contribution in [2.45, 2.75) is 41.2 Å². The highest BCUT2D eigenvalue weighted by atomic mass is 16.1. The van der Waals surface area contributed by atoms with Crippen molar-refractivity contribution in [2.75, 3.05) is 0 Å². The molecule has 0 radical (unpaired) electrons. The normalized spacial score (nSPS) is 10.8. The van der Waals surface area contributed by atoms with Crippen LogP contribution in [0.5, 0.6) is 0 Å². The molecule has 0 aliphatic rings. The molecule has 1 aromatic heterocycles. The topological polar surface area (TPSA) is 34.9 Å². The summed E-state index contributed by atoms with van der Waals surface area (Å²) in [5.41, 5.74) is 6.08. The Bertz CT molecular complexity index is 615. The molecule has 1 heterocycles. The van der Waals surface area contributed by atoms with Crippen molar-refractivity contribution in [1.82, 2.24) is 9.78 Å². The molecule has 0 unspecified atom stereocenters. The predicted molar refractivity (Wildman–Crippen MR) is 76.7 cm³/mol. The van der Waals surface area contributed by atoms with Gasteiger partial charge in [0, 0.05) is 11.3 Å². The molecule has 3 nitrogen and oxygen atoms in total. The standard InChI is InChI=1S/C16H20N2O/c1-10-6-11(2)16(12(3)7-10)15(19)9-18-14(5)8-13(4)17-18/h6-8H,9H2,1-5H3. The van der Waals surface area contributed by atoms with E-state index in [1.165, 1.54) is 5.56 Å². The van der Waals surface area contributed by atoms with Crippen LogP contribution in [0.1, 0.15) is 38.4 Å². The number of aromatic nitrogens is 2. The molecule has 0 aliphatic heterocycles. The number of ketones is 1. The van der Waals surface area contributed by atoms with Gasteiger partial charge in [-0.1, -0.05) is 17.7 Å². The molecule has 0 aliphatic carbocycles. The maximum Gasteiger partial charge on any atom is 0.184 e. The molecule has 2 aromatic rings. The van der Waals surface area contributed by atoms with E-state index < -0.39 is 0 Å². The number of carbonyl (C=O) groups is 1. The first-order chi connectivity index (χ1) is 8.88. The van der Waals surface area contributed by atoms with Gasteiger partial charge >= 0.3 is 0 Å². The first kappa shape index (κ1) is 13.5. The SMILES string of the molecule is Cc1cc(C)c(C(=O)Cn2nc(C)cc2C)c(C)c1. The van der Waals surface area contributed by atoms with E-state index >= 15 is 0 Å². The highest BCUT2D eigenvalue weighted by Crippen LogP contribution is 2.18. The molecule has 0 saturated heterocycles. The third-order valence-corrected chi connectivity index (χ3v) is 3.35. The summed E-state index contributed by atoms with van der Waals surface area (Å²) in [6.45, 7) is 10.3. The zero-order valence-electron chi connectivity index (χ0n) is 12.2. The van der Waals surface area contributed by atoms with E-state index in [4.69, 9.17) is 0 Å². The Morgan fingerprint density at radius 3 is 2.11 bits per heavy atom. The number of aryl methyl sites for hydroxylation is 5. The van der Waals surface area contributed by atoms with Crippen molar-refractivity contribution in [3.05, 3.63) is 51.8 Å². The number of hydrogen-bond donors (Lipinski definition) is 0. The molecule has 0 saturated carbocycles. The molecule has 100 valence electrons. The smallest absolute Gasteiger partial charge is 0.184 e. The van der Waals surface area contributed by atoms with Gasteiger partial charge < -0.3 is 0 Å². The quantitative estimate of drug-likeness (QED) is 0.790. The van der Waals surface area contributed by atoms with Gasteiger partial charge in [-0.2, -0.15) is 5.10 Å². The zero-order chi connectivity index (χ0) is 14.2. The minimum Gasteiger partial charge on any atom is -0.292 e. The lowest BCUT2D eigenvalue weighted by molar-refractivity contribution is 0.0965. The molecule has 0 N–H and O–H groups in total. The summed E-state index contributed by atoms with van der Waals surface area (Å²) in [5.74, 6) is 0.126. The van der Waals surface area contributed by atoms with Crippen LogP contribution in [0.3, 0.4) is 0 Å². The van der Waals surface area contributed by atoms with E-state index in [1.54, 1.807) is 4.68 Å². The van der Waals surface area contributed by atoms with E-state index in [-0.39, 0.29) is 5.78 Å². The van der Waals surface area contributed by atoms with Crippen molar-refractivity contribution in [1.29, 1.82) is 0 Å². The lowest BCUT2D eigenvalue weighted by atomic mass is 9.96. The van der Waals surface area contributed by atoms with Crippen LogP contribution in [0, 0.1) is 34.6 Å². The van der Waals surface area contributed by atoms with E-state index in [1.807, 2.05) is 33.8 Å². The molecule has 3 heteroatoms. The third kappa shape index (κ3) is 2.75. The molecule has 19 heavy (non-hydrogen) atoms. The van der Waals surface area contributed by atoms with Crippen LogP contribution < -0.4 is 0 Å². The Hall–Kier alpha value is -1.90. The van der Waals surface area contributed by atoms with E-state index in [0.717, 1.165) is 28.1 Å². The molecule has 1 aromatic carbocycles. The van der Waals surface area contributed by atoms with Gasteiger partial charge in [0.15, 0.2) is 5.78 Å². The number of nitrogens with zero attached hydrogens (tertiary/aromatic N) is 2. The summed E-state index contributed by atoms with van der Waals surface area (Å²) in [7, 11) is 0. The summed E-state index contributed by atoms with van der Waals surface area (Å²) >= 11 is 0. The number of rotatable bonds is 3. The molecule has 0 amide bonds. The van der Waals surface area contributed by atoms with Gasteiger partial charge in [-0.3, -0.25) is 9.48 Å². The van der Waals surface area contributed by atoms with Gasteiger partial charge in [0.1, 0.15) is 6.54 Å². The van der Waals surface area contributed by atoms with Gasteiger partial charge in [0.2, 0.25) is 0 Å². The van der Waals surface area contributed by atoms with Crippen LogP contribution in [-0.2, 0) is 6.54 Å². The highest BCUT2D eigenvalue weighted by Gasteiger charge is 2.14. The zero-order valence-corrected chi connectivity index (χ0v) is 12.2. The monoisotopic (exact) mass is 256 g/mol. The van der Waals surface area contributed by atoms with Crippen LogP contribution >= 0.6 is 0 Å². The van der Waals surface area contributed by atoms with Crippen LogP contribution in [0.25, 0.3) is 0 Å². The molecule has 0 atom stereocenters. The fourth-order valence-corrected chi connectivity index (χ4v) is 2.67. The molecular weight excluding hydrogens is 236 g/mol. The van der Waals surface area contributed by atoms with Gasteiger partial charge in [-0.15, -0.1) is 0 Å². The maximum absolute atomic E-state index is 12.5. The Morgan fingerprint density at radius 1 is 1.05 bits per heavy atom. The van der Waals surface area contributed by atoms with Crippen molar-refractivity contribution in [3.63, 3.8) is 0 Å². The second kappa shape index (κ2) is 5.00. The van der Waals surface area contributed by atoms with Gasteiger partial charge in [0.25, 0.3) is 0 Å². The molecular formula is C16H20N2O. The van der Waals surface area contributed by atoms with Crippen molar-refractivity contribution < 1.29 is 4.79 Å². The Kier molecular flexibility index (Phi) is 3.56. The second-order valence-corrected chi connectivity index (χ2v) is 5.28. The highest BCUT2D eigenvalue weighted by molar-refractivity contribution is 5.98. The number of carbonyl (C=O) groups excluding carboxylic acids is 1. The van der Waals surface area contributed by atoms with Crippen LogP contribution in [0.2, 0.25) is 0 Å². The summed E-state index contributed by atoms with van der Waals surface area (Å²) < 4.78 is 1.77. The lowest BCUT2D eigenvalue weighted by Gasteiger charge is -2.11. The van der Waals surface area contributed by atoms with E-state index in [2.05, 4.69) is 24.2 Å². The Morgan fingerprint density at radius 2 is 1.63 bits per heavy atom. The van der Waals surface area contributed by atoms with Crippen molar-refractivity contribution in [3.8, 4) is 0 Å². The van der Waals surface area contributed by atoms with Crippen molar-refractivity contribution >= 4 is 5.78 Å². The molecule has 0 spiro atoms. The summed E-state index contributed by atoms with van der Waals surface area (Å²) in [6, 6.07) is 6.10. The van der Waals surface area contributed by atoms with E-state index in [0.29, 0.717) is 6.54 Å². The third-order valence-electron chi connectivity index (χ3n) is 3.35. The number of hydrogen-bond acceptors (Lipinski definition) is 2. The van der Waals surface area contributed by atoms with Crippen LogP contribution in [0.15, 0.2) is 18.2 Å². The Balaban J connectivity index is 2.33. The second-order valence-electron chi connectivity index (χ2n) is 5.28. The average molecular weight is 256 g/mol. The van der Waals surface area contributed by atoms with Crippen LogP contribution in [-0.4, -0.2) is 15.6 Å². The fourth-order valence-electron chi connectivity index (χ4n) is 2.67. The lowest BCUT2D eigenvalue weighted by Crippen LogP contribution is -2.15. The van der Waals surface area contributed by atoms with E-state index in [9.17, 15) is 4.79 Å². The Labute approximate surface area is 114 Å². The number of Topliss-reactive ketones (excluding diaryl/α,β-unsaturated/α-hetero) is 1. The fraction of sp³-hybridized carbons (Fsp3) is 0.375. The first-order valence-corrected chi connectivity index (χ1v) is 6.50. The first-order valence-electron chi connectivity index (χ1n) is 6.50. The maximum atomic E-state index is 12.5. The predicted octanol–water partition coefficient (Wildman–Crippen LogP) is 3.31. The minimum absolute atomic E-state index is 0.126. The molecule has 0 bridgehead atoms. The molecule has 2 rings (SSSR count). The largest absolute Gasteiger partial charge is 0.292 e. The summed E-state index contributed by atoms with van der Waals surface area (Å²) in [4.78, 5) is 12.5. The van der Waals surface area contributed by atoms with Gasteiger partial charge in [-0.05, 0) is 51.8 Å². The van der Waals surface area contributed by atoms with Crippen LogP contribution in [0.4, 0.5) is 0 Å². The van der Waals surface area contributed by atoms with Gasteiger partial charge in [0.05, 0.1) is 5.69 Å². The average Bonchev–Trinajstić information content (AvgIpc) is 2.55. The summed E-state index contributed by atoms with van der Waals surface area (Å²) in [5, 5.41) is 4.35. The number of benzene rings is 1. The van der Waals surface area contributed by atoms with Crippen molar-refractivity contribution in [2.24, 2.45) is 0 Å². The summed E-state index contributed by atoms with van der Waals surface area (Å²) in [6.07, 6.45) is 0. The van der Waals surface area contributed by atoms with Gasteiger partial charge in [-0.25, -0.2) is 0 Å².